The lowest BCUT2D eigenvalue weighted by molar-refractivity contribution is 0.282. The number of nitrogens with zero attached hydrogens (tertiary/aromatic N) is 1. The maximum absolute atomic E-state index is 8.60. The normalized spacial score (nSPS) is 13.2. The Balaban J connectivity index is 2.53. The van der Waals surface area contributed by atoms with Crippen LogP contribution in [0.25, 0.3) is 0 Å². The molecule has 0 amide bonds. The van der Waals surface area contributed by atoms with Gasteiger partial charge in [-0.25, -0.2) is 4.98 Å². The van der Waals surface area contributed by atoms with Crippen LogP contribution < -0.4 is 5.73 Å². The lowest BCUT2D eigenvalue weighted by Gasteiger charge is -2.01. The molecule has 1 rings (SSSR count). The maximum Gasteiger partial charge on any atom is 0.194 e. The van der Waals surface area contributed by atoms with Gasteiger partial charge in [-0.3, -0.25) is 0 Å². The fourth-order valence-electron chi connectivity index (χ4n) is 1.01. The van der Waals surface area contributed by atoms with Crippen molar-refractivity contribution in [2.45, 2.75) is 25.7 Å². The van der Waals surface area contributed by atoms with E-state index in [0.29, 0.717) is 25.3 Å². The summed E-state index contributed by atoms with van der Waals surface area (Å²) >= 11 is 0. The standard InChI is InChI=1S/C9H16N2O2/c1-7(5-10)8-6-11-9(13-8)3-2-4-12/h6-7,12H,2-5,10H2,1H3. The Hall–Kier alpha value is -0.870. The zero-order valence-electron chi connectivity index (χ0n) is 7.86. The molecule has 1 atom stereocenters. The Morgan fingerprint density at radius 3 is 3.08 bits per heavy atom. The van der Waals surface area contributed by atoms with Crippen molar-refractivity contribution in [1.29, 1.82) is 0 Å². The van der Waals surface area contributed by atoms with E-state index in [1.807, 2.05) is 6.92 Å². The second kappa shape index (κ2) is 4.99. The molecule has 0 aromatic carbocycles. The fraction of sp³-hybridized carbons (Fsp3) is 0.667. The van der Waals surface area contributed by atoms with Crippen LogP contribution in [0.1, 0.15) is 30.9 Å². The smallest absolute Gasteiger partial charge is 0.194 e. The largest absolute Gasteiger partial charge is 0.445 e. The van der Waals surface area contributed by atoms with Crippen LogP contribution in [0.5, 0.6) is 0 Å². The first-order chi connectivity index (χ1) is 6.27. The van der Waals surface area contributed by atoms with E-state index in [1.165, 1.54) is 0 Å². The molecule has 0 bridgehead atoms. The molecule has 0 saturated heterocycles. The number of nitrogens with two attached hydrogens (primary N) is 1. The van der Waals surface area contributed by atoms with Crippen LogP contribution in [-0.4, -0.2) is 23.2 Å². The SMILES string of the molecule is CC(CN)c1cnc(CCCO)o1. The minimum Gasteiger partial charge on any atom is -0.445 e. The molecule has 0 saturated carbocycles. The number of hydrogen-bond acceptors (Lipinski definition) is 4. The van der Waals surface area contributed by atoms with Crippen LogP contribution in [0.3, 0.4) is 0 Å². The van der Waals surface area contributed by atoms with Crippen molar-refractivity contribution in [1.82, 2.24) is 4.98 Å². The van der Waals surface area contributed by atoms with Gasteiger partial charge in [0.1, 0.15) is 5.76 Å². The van der Waals surface area contributed by atoms with Crippen molar-refractivity contribution in [2.24, 2.45) is 5.73 Å². The molecule has 0 spiro atoms. The van der Waals surface area contributed by atoms with Crippen LogP contribution in [0, 0.1) is 0 Å². The van der Waals surface area contributed by atoms with E-state index in [-0.39, 0.29) is 12.5 Å². The van der Waals surface area contributed by atoms with Gasteiger partial charge in [0, 0.05) is 25.5 Å². The second-order valence-electron chi connectivity index (χ2n) is 3.12. The predicted octanol–water partition coefficient (Wildman–Crippen LogP) is 0.662. The number of aryl methyl sites for hydroxylation is 1. The van der Waals surface area contributed by atoms with Gasteiger partial charge in [-0.05, 0) is 6.42 Å². The molecule has 0 aliphatic carbocycles. The Morgan fingerprint density at radius 2 is 2.46 bits per heavy atom. The molecular weight excluding hydrogens is 168 g/mol. The average molecular weight is 184 g/mol. The van der Waals surface area contributed by atoms with Crippen LogP contribution in [0.4, 0.5) is 0 Å². The highest BCUT2D eigenvalue weighted by Gasteiger charge is 2.09. The number of rotatable bonds is 5. The van der Waals surface area contributed by atoms with Gasteiger partial charge in [-0.1, -0.05) is 6.92 Å². The summed E-state index contributed by atoms with van der Waals surface area (Å²) in [6.07, 6.45) is 3.09. The second-order valence-corrected chi connectivity index (χ2v) is 3.12. The van der Waals surface area contributed by atoms with Crippen LogP contribution >= 0.6 is 0 Å². The zero-order chi connectivity index (χ0) is 9.68. The van der Waals surface area contributed by atoms with Crippen molar-refractivity contribution in [3.05, 3.63) is 17.8 Å². The van der Waals surface area contributed by atoms with Crippen molar-refractivity contribution in [2.75, 3.05) is 13.2 Å². The summed E-state index contributed by atoms with van der Waals surface area (Å²) < 4.78 is 5.44. The highest BCUT2D eigenvalue weighted by molar-refractivity contribution is 5.00. The Labute approximate surface area is 77.8 Å². The van der Waals surface area contributed by atoms with Crippen LogP contribution in [-0.2, 0) is 6.42 Å². The lowest BCUT2D eigenvalue weighted by Crippen LogP contribution is -2.07. The molecule has 13 heavy (non-hydrogen) atoms. The Bertz CT molecular complexity index is 248. The number of oxazole rings is 1. The molecule has 0 aliphatic heterocycles. The van der Waals surface area contributed by atoms with Gasteiger partial charge in [0.15, 0.2) is 5.89 Å². The van der Waals surface area contributed by atoms with E-state index in [4.69, 9.17) is 15.3 Å². The minimum absolute atomic E-state index is 0.171. The molecule has 0 radical (unpaired) electrons. The van der Waals surface area contributed by atoms with E-state index in [9.17, 15) is 0 Å². The number of aromatic nitrogens is 1. The monoisotopic (exact) mass is 184 g/mol. The number of aliphatic hydroxyl groups is 1. The third-order valence-corrected chi connectivity index (χ3v) is 1.96. The van der Waals surface area contributed by atoms with E-state index in [1.54, 1.807) is 6.20 Å². The highest BCUT2D eigenvalue weighted by Crippen LogP contribution is 2.15. The average Bonchev–Trinajstić information content (AvgIpc) is 2.62. The summed E-state index contributed by atoms with van der Waals surface area (Å²) in [7, 11) is 0. The highest BCUT2D eigenvalue weighted by atomic mass is 16.4. The van der Waals surface area contributed by atoms with E-state index < -0.39 is 0 Å². The Kier molecular flexibility index (Phi) is 3.92. The van der Waals surface area contributed by atoms with E-state index >= 15 is 0 Å². The molecule has 1 aromatic heterocycles. The molecule has 0 aliphatic rings. The molecule has 4 nitrogen and oxygen atoms in total. The molecule has 1 aromatic rings. The van der Waals surface area contributed by atoms with E-state index in [0.717, 1.165) is 5.76 Å². The van der Waals surface area contributed by atoms with Crippen LogP contribution in [0.2, 0.25) is 0 Å². The fourth-order valence-corrected chi connectivity index (χ4v) is 1.01. The maximum atomic E-state index is 8.60. The van der Waals surface area contributed by atoms with Gasteiger partial charge in [0.2, 0.25) is 0 Å². The molecular formula is C9H16N2O2. The van der Waals surface area contributed by atoms with E-state index in [2.05, 4.69) is 4.98 Å². The van der Waals surface area contributed by atoms with Crippen molar-refractivity contribution < 1.29 is 9.52 Å². The Morgan fingerprint density at radius 1 is 1.69 bits per heavy atom. The topological polar surface area (TPSA) is 72.3 Å². The number of aliphatic hydroxyl groups excluding tert-OH is 1. The third-order valence-electron chi connectivity index (χ3n) is 1.96. The quantitative estimate of drug-likeness (QED) is 0.705. The van der Waals surface area contributed by atoms with Gasteiger partial charge in [-0.15, -0.1) is 0 Å². The molecule has 74 valence electrons. The van der Waals surface area contributed by atoms with Gasteiger partial charge in [0.05, 0.1) is 6.20 Å². The summed E-state index contributed by atoms with van der Waals surface area (Å²) in [6, 6.07) is 0. The summed E-state index contributed by atoms with van der Waals surface area (Å²) in [5.41, 5.74) is 5.49. The summed E-state index contributed by atoms with van der Waals surface area (Å²) in [5, 5.41) is 8.60. The summed E-state index contributed by atoms with van der Waals surface area (Å²) in [6.45, 7) is 2.73. The van der Waals surface area contributed by atoms with Gasteiger partial charge < -0.3 is 15.3 Å². The third kappa shape index (κ3) is 2.82. The van der Waals surface area contributed by atoms with Crippen molar-refractivity contribution in [3.8, 4) is 0 Å². The molecule has 0 fully saturated rings. The lowest BCUT2D eigenvalue weighted by atomic mass is 10.1. The summed E-state index contributed by atoms with van der Waals surface area (Å²) in [4.78, 5) is 4.09. The predicted molar refractivity (Wildman–Crippen MR) is 49.4 cm³/mol. The van der Waals surface area contributed by atoms with Gasteiger partial charge in [0.25, 0.3) is 0 Å². The summed E-state index contributed by atoms with van der Waals surface area (Å²) in [5.74, 6) is 1.73. The van der Waals surface area contributed by atoms with Gasteiger partial charge >= 0.3 is 0 Å². The molecule has 1 unspecified atom stereocenters. The first kappa shape index (κ1) is 10.2. The zero-order valence-corrected chi connectivity index (χ0v) is 7.86. The van der Waals surface area contributed by atoms with Crippen LogP contribution in [0.15, 0.2) is 10.6 Å². The molecule has 1 heterocycles. The van der Waals surface area contributed by atoms with Crippen molar-refractivity contribution >= 4 is 0 Å². The number of hydrogen-bond donors (Lipinski definition) is 2. The first-order valence-corrected chi connectivity index (χ1v) is 4.53. The molecule has 4 heteroatoms. The minimum atomic E-state index is 0.171. The molecule has 3 N–H and O–H groups in total. The first-order valence-electron chi connectivity index (χ1n) is 4.53. The van der Waals surface area contributed by atoms with Gasteiger partial charge in [-0.2, -0.15) is 0 Å². The van der Waals surface area contributed by atoms with Crippen molar-refractivity contribution in [3.63, 3.8) is 0 Å².